The van der Waals surface area contributed by atoms with Crippen LogP contribution >= 0.6 is 0 Å². The molecule has 1 aromatic carbocycles. The fraction of sp³-hybridized carbons (Fsp3) is 0.500. The maximum absolute atomic E-state index is 13.6. The average Bonchev–Trinajstić information content (AvgIpc) is 3.05. The molecule has 4 atom stereocenters. The van der Waals surface area contributed by atoms with E-state index in [-0.39, 0.29) is 30.1 Å². The van der Waals surface area contributed by atoms with E-state index in [1.54, 1.807) is 18.2 Å². The van der Waals surface area contributed by atoms with Crippen molar-refractivity contribution in [3.63, 3.8) is 0 Å². The van der Waals surface area contributed by atoms with Gasteiger partial charge in [-0.25, -0.2) is 14.0 Å². The molecule has 0 radical (unpaired) electrons. The van der Waals surface area contributed by atoms with Crippen molar-refractivity contribution in [2.24, 2.45) is 17.8 Å². The van der Waals surface area contributed by atoms with Crippen molar-refractivity contribution < 1.29 is 28.2 Å². The normalized spacial score (nSPS) is 26.4. The van der Waals surface area contributed by atoms with E-state index in [4.69, 9.17) is 14.2 Å². The first-order valence-electron chi connectivity index (χ1n) is 9.13. The van der Waals surface area contributed by atoms with E-state index >= 15 is 0 Å². The van der Waals surface area contributed by atoms with Crippen LogP contribution in [-0.2, 0) is 25.4 Å². The first kappa shape index (κ1) is 19.2. The molecule has 6 nitrogen and oxygen atoms in total. The lowest BCUT2D eigenvalue weighted by atomic mass is 9.83. The highest BCUT2D eigenvalue weighted by Gasteiger charge is 2.48. The SMILES string of the molecule is COC(=O)C1=COC(OC(=O)NCCc2ccccc2F)C2C(C)CCC12. The van der Waals surface area contributed by atoms with Crippen molar-refractivity contribution >= 4 is 12.1 Å². The summed E-state index contributed by atoms with van der Waals surface area (Å²) >= 11 is 0. The quantitative estimate of drug-likeness (QED) is 0.798. The van der Waals surface area contributed by atoms with Crippen LogP contribution in [0.25, 0.3) is 0 Å². The van der Waals surface area contributed by atoms with Crippen molar-refractivity contribution in [3.8, 4) is 0 Å². The van der Waals surface area contributed by atoms with E-state index in [2.05, 4.69) is 12.2 Å². The van der Waals surface area contributed by atoms with Crippen LogP contribution in [0.4, 0.5) is 9.18 Å². The van der Waals surface area contributed by atoms with Crippen molar-refractivity contribution in [1.82, 2.24) is 5.32 Å². The number of hydrogen-bond acceptors (Lipinski definition) is 5. The fourth-order valence-electron chi connectivity index (χ4n) is 3.93. The summed E-state index contributed by atoms with van der Waals surface area (Å²) in [7, 11) is 1.34. The number of amides is 1. The Kier molecular flexibility index (Phi) is 5.98. The van der Waals surface area contributed by atoms with Gasteiger partial charge in [-0.05, 0) is 36.8 Å². The highest BCUT2D eigenvalue weighted by molar-refractivity contribution is 5.89. The van der Waals surface area contributed by atoms with Crippen LogP contribution in [0.15, 0.2) is 36.1 Å². The van der Waals surface area contributed by atoms with Crippen molar-refractivity contribution in [2.45, 2.75) is 32.5 Å². The van der Waals surface area contributed by atoms with Crippen LogP contribution in [0, 0.1) is 23.6 Å². The topological polar surface area (TPSA) is 73.9 Å². The molecule has 27 heavy (non-hydrogen) atoms. The summed E-state index contributed by atoms with van der Waals surface area (Å²) in [5, 5.41) is 2.63. The van der Waals surface area contributed by atoms with Crippen LogP contribution in [0.5, 0.6) is 0 Å². The van der Waals surface area contributed by atoms with E-state index in [1.165, 1.54) is 19.4 Å². The summed E-state index contributed by atoms with van der Waals surface area (Å²) in [4.78, 5) is 24.1. The Balaban J connectivity index is 1.56. The summed E-state index contributed by atoms with van der Waals surface area (Å²) < 4.78 is 29.4. The molecular formula is C20H24FNO5. The van der Waals surface area contributed by atoms with Gasteiger partial charge >= 0.3 is 12.1 Å². The lowest BCUT2D eigenvalue weighted by Gasteiger charge is -2.34. The first-order chi connectivity index (χ1) is 13.0. The molecule has 1 saturated carbocycles. The molecule has 0 spiro atoms. The molecule has 1 heterocycles. The minimum Gasteiger partial charge on any atom is -0.466 e. The summed E-state index contributed by atoms with van der Waals surface area (Å²) in [6.07, 6.45) is 2.08. The zero-order chi connectivity index (χ0) is 19.4. The monoisotopic (exact) mass is 377 g/mol. The van der Waals surface area contributed by atoms with E-state index in [0.29, 0.717) is 17.6 Å². The Morgan fingerprint density at radius 1 is 1.30 bits per heavy atom. The first-order valence-corrected chi connectivity index (χ1v) is 9.13. The molecule has 1 amide bonds. The third-order valence-electron chi connectivity index (χ3n) is 5.36. The minimum atomic E-state index is -0.755. The van der Waals surface area contributed by atoms with Gasteiger partial charge in [0.15, 0.2) is 0 Å². The predicted molar refractivity (Wildman–Crippen MR) is 94.9 cm³/mol. The van der Waals surface area contributed by atoms with Crippen LogP contribution in [0.2, 0.25) is 0 Å². The zero-order valence-electron chi connectivity index (χ0n) is 15.4. The van der Waals surface area contributed by atoms with Gasteiger partial charge in [-0.1, -0.05) is 25.1 Å². The van der Waals surface area contributed by atoms with E-state index in [0.717, 1.165) is 12.8 Å². The molecule has 1 fully saturated rings. The summed E-state index contributed by atoms with van der Waals surface area (Å²) in [6, 6.07) is 6.43. The third-order valence-corrected chi connectivity index (χ3v) is 5.36. The van der Waals surface area contributed by atoms with Crippen molar-refractivity contribution in [2.75, 3.05) is 13.7 Å². The van der Waals surface area contributed by atoms with Gasteiger partial charge in [-0.2, -0.15) is 0 Å². The van der Waals surface area contributed by atoms with Crippen LogP contribution in [0.1, 0.15) is 25.3 Å². The number of rotatable bonds is 5. The number of benzene rings is 1. The number of carbonyl (C=O) groups is 2. The second-order valence-corrected chi connectivity index (χ2v) is 6.98. The largest absolute Gasteiger partial charge is 0.466 e. The van der Waals surface area contributed by atoms with Crippen molar-refractivity contribution in [1.29, 1.82) is 0 Å². The smallest absolute Gasteiger partial charge is 0.410 e. The summed E-state index contributed by atoms with van der Waals surface area (Å²) in [6.45, 7) is 2.31. The highest BCUT2D eigenvalue weighted by Crippen LogP contribution is 2.46. The van der Waals surface area contributed by atoms with Crippen molar-refractivity contribution in [3.05, 3.63) is 47.5 Å². The molecule has 4 unspecified atom stereocenters. The Morgan fingerprint density at radius 2 is 2.07 bits per heavy atom. The van der Waals surface area contributed by atoms with Crippen LogP contribution < -0.4 is 5.32 Å². The number of ether oxygens (including phenoxy) is 3. The number of esters is 1. The fourth-order valence-corrected chi connectivity index (χ4v) is 3.93. The molecule has 3 rings (SSSR count). The van der Waals surface area contributed by atoms with E-state index in [9.17, 15) is 14.0 Å². The maximum atomic E-state index is 13.6. The number of alkyl carbamates (subject to hydrolysis) is 1. The number of hydrogen-bond donors (Lipinski definition) is 1. The van der Waals surface area contributed by atoms with Gasteiger partial charge in [0.25, 0.3) is 0 Å². The molecule has 7 heteroatoms. The van der Waals surface area contributed by atoms with Gasteiger partial charge in [-0.15, -0.1) is 0 Å². The maximum Gasteiger partial charge on any atom is 0.410 e. The van der Waals surface area contributed by atoms with Gasteiger partial charge in [0.2, 0.25) is 6.29 Å². The highest BCUT2D eigenvalue weighted by atomic mass is 19.1. The summed E-state index contributed by atoms with van der Waals surface area (Å²) in [5.41, 5.74) is 1.02. The number of fused-ring (bicyclic) bond motifs is 1. The van der Waals surface area contributed by atoms with Gasteiger partial charge in [0.1, 0.15) is 5.82 Å². The third kappa shape index (κ3) is 4.23. The molecule has 2 aliphatic rings. The molecule has 0 saturated heterocycles. The predicted octanol–water partition coefficient (Wildman–Crippen LogP) is 3.17. The number of carbonyl (C=O) groups excluding carboxylic acids is 2. The van der Waals surface area contributed by atoms with Gasteiger partial charge in [0, 0.05) is 18.4 Å². The molecule has 1 N–H and O–H groups in total. The summed E-state index contributed by atoms with van der Waals surface area (Å²) in [5.74, 6) is -0.600. The van der Waals surface area contributed by atoms with E-state index in [1.807, 2.05) is 0 Å². The van der Waals surface area contributed by atoms with Gasteiger partial charge in [-0.3, -0.25) is 0 Å². The molecule has 0 aromatic heterocycles. The molecular weight excluding hydrogens is 353 g/mol. The molecule has 1 aliphatic carbocycles. The Morgan fingerprint density at radius 3 is 2.81 bits per heavy atom. The molecule has 1 aliphatic heterocycles. The Hall–Kier alpha value is -2.57. The van der Waals surface area contributed by atoms with Crippen LogP contribution in [-0.4, -0.2) is 32.0 Å². The standard InChI is InChI=1S/C20H24FNO5/c1-12-7-8-14-15(18(23)25-2)11-26-19(17(12)14)27-20(24)22-10-9-13-5-3-4-6-16(13)21/h3-6,11-12,14,17,19H,7-10H2,1-2H3,(H,22,24). The molecule has 1 aromatic rings. The number of halogens is 1. The number of nitrogens with one attached hydrogen (secondary N) is 1. The number of methoxy groups -OCH3 is 1. The van der Waals surface area contributed by atoms with Gasteiger partial charge in [0.05, 0.1) is 18.9 Å². The minimum absolute atomic E-state index is 0.0441. The lowest BCUT2D eigenvalue weighted by Crippen LogP contribution is -2.41. The lowest BCUT2D eigenvalue weighted by molar-refractivity contribution is -0.145. The molecule has 146 valence electrons. The van der Waals surface area contributed by atoms with E-state index < -0.39 is 18.4 Å². The second kappa shape index (κ2) is 8.41. The Labute approximate surface area is 157 Å². The van der Waals surface area contributed by atoms with Crippen LogP contribution in [0.3, 0.4) is 0 Å². The Bertz CT molecular complexity index is 735. The second-order valence-electron chi connectivity index (χ2n) is 6.98. The average molecular weight is 377 g/mol. The zero-order valence-corrected chi connectivity index (χ0v) is 15.4. The van der Waals surface area contributed by atoms with Gasteiger partial charge < -0.3 is 19.5 Å². The molecule has 0 bridgehead atoms.